The average molecular weight is 348 g/mol. The minimum absolute atomic E-state index is 0.205. The Balaban J connectivity index is 1.30. The van der Waals surface area contributed by atoms with Gasteiger partial charge in [-0.25, -0.2) is 0 Å². The quantitative estimate of drug-likeness (QED) is 0.761. The van der Waals surface area contributed by atoms with Gasteiger partial charge in [0.05, 0.1) is 0 Å². The largest absolute Gasteiger partial charge is 0.352 e. The van der Waals surface area contributed by atoms with E-state index in [-0.39, 0.29) is 5.91 Å². The van der Waals surface area contributed by atoms with Gasteiger partial charge in [0.1, 0.15) is 0 Å². The van der Waals surface area contributed by atoms with Gasteiger partial charge in [-0.05, 0) is 73.5 Å². The third kappa shape index (κ3) is 3.83. The van der Waals surface area contributed by atoms with Crippen molar-refractivity contribution in [1.29, 1.82) is 0 Å². The molecule has 3 nitrogen and oxygen atoms in total. The Morgan fingerprint density at radius 1 is 1.15 bits per heavy atom. The topological polar surface area (TPSA) is 32.3 Å². The highest BCUT2D eigenvalue weighted by Crippen LogP contribution is 2.36. The minimum atomic E-state index is 0.205. The number of fused-ring (bicyclic) bond motifs is 3. The molecule has 0 spiro atoms. The van der Waals surface area contributed by atoms with E-state index < -0.39 is 0 Å². The average Bonchev–Trinajstić information content (AvgIpc) is 3.00. The summed E-state index contributed by atoms with van der Waals surface area (Å²) in [6, 6.07) is 15.8. The summed E-state index contributed by atoms with van der Waals surface area (Å²) >= 11 is 0. The molecule has 4 rings (SSSR count). The van der Waals surface area contributed by atoms with Gasteiger partial charge >= 0.3 is 0 Å². The molecule has 0 bridgehead atoms. The Morgan fingerprint density at radius 2 is 2.00 bits per heavy atom. The zero-order valence-electron chi connectivity index (χ0n) is 15.6. The molecule has 1 atom stereocenters. The van der Waals surface area contributed by atoms with Gasteiger partial charge in [-0.1, -0.05) is 42.5 Å². The fourth-order valence-corrected chi connectivity index (χ4v) is 4.36. The van der Waals surface area contributed by atoms with Crippen LogP contribution in [0.5, 0.6) is 0 Å². The molecule has 0 radical (unpaired) electrons. The molecule has 2 aromatic carbocycles. The summed E-state index contributed by atoms with van der Waals surface area (Å²) in [7, 11) is 2.13. The first-order valence-corrected chi connectivity index (χ1v) is 9.87. The first-order chi connectivity index (χ1) is 12.7. The molecular formula is C23H28N2O. The van der Waals surface area contributed by atoms with Gasteiger partial charge in [0.25, 0.3) is 0 Å². The molecule has 1 N–H and O–H groups in total. The van der Waals surface area contributed by atoms with Gasteiger partial charge < -0.3 is 10.2 Å². The van der Waals surface area contributed by atoms with Crippen LogP contribution in [0.25, 0.3) is 11.1 Å². The van der Waals surface area contributed by atoms with Crippen LogP contribution in [0.3, 0.4) is 0 Å². The number of benzene rings is 2. The van der Waals surface area contributed by atoms with Gasteiger partial charge in [-0.15, -0.1) is 0 Å². The molecule has 0 saturated carbocycles. The van der Waals surface area contributed by atoms with Crippen LogP contribution in [-0.4, -0.2) is 37.0 Å². The highest BCUT2D eigenvalue weighted by molar-refractivity contribution is 5.77. The minimum Gasteiger partial charge on any atom is -0.352 e. The van der Waals surface area contributed by atoms with Gasteiger partial charge in [0.2, 0.25) is 5.91 Å². The summed E-state index contributed by atoms with van der Waals surface area (Å²) in [6.07, 6.45) is 5.83. The molecule has 0 unspecified atom stereocenters. The van der Waals surface area contributed by atoms with Crippen LogP contribution >= 0.6 is 0 Å². The summed E-state index contributed by atoms with van der Waals surface area (Å²) in [5, 5.41) is 3.21. The second-order valence-electron chi connectivity index (χ2n) is 7.85. The third-order valence-electron chi connectivity index (χ3n) is 5.72. The number of hydrogen-bond acceptors (Lipinski definition) is 2. The van der Waals surface area contributed by atoms with Crippen molar-refractivity contribution in [2.24, 2.45) is 0 Å². The number of hydrogen-bond donors (Lipinski definition) is 1. The van der Waals surface area contributed by atoms with E-state index in [1.165, 1.54) is 34.2 Å². The van der Waals surface area contributed by atoms with Crippen LogP contribution in [0, 0.1) is 0 Å². The van der Waals surface area contributed by atoms with Gasteiger partial charge in [0.15, 0.2) is 0 Å². The fourth-order valence-electron chi connectivity index (χ4n) is 4.36. The standard InChI is InChI=1S/C23H28N2O/c1-25-13-5-8-20(16-25)24-23(26)10-4-6-17-11-12-19-15-18-7-2-3-9-21(18)22(19)14-17/h2-3,7,9,11-12,14,20H,4-6,8,10,13,15-16H2,1H3,(H,24,26)/t20-/m1/s1. The molecular weight excluding hydrogens is 320 g/mol. The Kier molecular flexibility index (Phi) is 5.07. The van der Waals surface area contributed by atoms with E-state index in [4.69, 9.17) is 0 Å². The van der Waals surface area contributed by atoms with Gasteiger partial charge in [0, 0.05) is 19.0 Å². The Morgan fingerprint density at radius 3 is 2.88 bits per heavy atom. The lowest BCUT2D eigenvalue weighted by atomic mass is 10.00. The summed E-state index contributed by atoms with van der Waals surface area (Å²) in [4.78, 5) is 14.5. The Bertz CT molecular complexity index is 799. The maximum absolute atomic E-state index is 12.2. The van der Waals surface area contributed by atoms with Crippen molar-refractivity contribution in [1.82, 2.24) is 10.2 Å². The van der Waals surface area contributed by atoms with Crippen molar-refractivity contribution in [2.45, 2.75) is 44.6 Å². The van der Waals surface area contributed by atoms with E-state index in [2.05, 4.69) is 59.7 Å². The smallest absolute Gasteiger partial charge is 0.220 e. The van der Waals surface area contributed by atoms with Crippen molar-refractivity contribution in [3.8, 4) is 11.1 Å². The number of piperidine rings is 1. The van der Waals surface area contributed by atoms with Gasteiger partial charge in [-0.3, -0.25) is 4.79 Å². The molecule has 1 fully saturated rings. The van der Waals surface area contributed by atoms with Crippen LogP contribution in [0.2, 0.25) is 0 Å². The number of carbonyl (C=O) groups excluding carboxylic acids is 1. The van der Waals surface area contributed by atoms with Crippen molar-refractivity contribution in [3.63, 3.8) is 0 Å². The van der Waals surface area contributed by atoms with Crippen LogP contribution in [-0.2, 0) is 17.6 Å². The lowest BCUT2D eigenvalue weighted by molar-refractivity contribution is -0.122. The molecule has 3 heteroatoms. The first kappa shape index (κ1) is 17.3. The number of likely N-dealkylation sites (N-methyl/N-ethyl adjacent to an activating group) is 1. The highest BCUT2D eigenvalue weighted by atomic mass is 16.1. The molecule has 2 aliphatic rings. The van der Waals surface area contributed by atoms with E-state index in [1.54, 1.807) is 0 Å². The molecule has 1 heterocycles. The Labute approximate surface area is 156 Å². The molecule has 0 aromatic heterocycles. The van der Waals surface area contributed by atoms with Crippen molar-refractivity contribution < 1.29 is 4.79 Å². The third-order valence-corrected chi connectivity index (χ3v) is 5.72. The normalized spacial score (nSPS) is 19.0. The summed E-state index contributed by atoms with van der Waals surface area (Å²) in [5.74, 6) is 0.205. The molecule has 2 aromatic rings. The Hall–Kier alpha value is -2.13. The summed E-state index contributed by atoms with van der Waals surface area (Å²) < 4.78 is 0. The van der Waals surface area contributed by atoms with E-state index in [0.29, 0.717) is 12.5 Å². The summed E-state index contributed by atoms with van der Waals surface area (Å²) in [6.45, 7) is 2.13. The van der Waals surface area contributed by atoms with E-state index >= 15 is 0 Å². The predicted octanol–water partition coefficient (Wildman–Crippen LogP) is 3.79. The van der Waals surface area contributed by atoms with Crippen LogP contribution in [0.1, 0.15) is 42.4 Å². The molecule has 1 aliphatic heterocycles. The number of nitrogens with one attached hydrogen (secondary N) is 1. The maximum Gasteiger partial charge on any atom is 0.220 e. The molecule has 1 aliphatic carbocycles. The lowest BCUT2D eigenvalue weighted by Crippen LogP contribution is -2.46. The van der Waals surface area contributed by atoms with E-state index in [9.17, 15) is 4.79 Å². The van der Waals surface area contributed by atoms with Crippen molar-refractivity contribution in [3.05, 3.63) is 59.2 Å². The molecule has 1 saturated heterocycles. The van der Waals surface area contributed by atoms with Crippen molar-refractivity contribution in [2.75, 3.05) is 20.1 Å². The number of carbonyl (C=O) groups is 1. The maximum atomic E-state index is 12.2. The number of likely N-dealkylation sites (tertiary alicyclic amines) is 1. The lowest BCUT2D eigenvalue weighted by Gasteiger charge is -2.30. The fraction of sp³-hybridized carbons (Fsp3) is 0.435. The number of amides is 1. The number of rotatable bonds is 5. The van der Waals surface area contributed by atoms with Gasteiger partial charge in [-0.2, -0.15) is 0 Å². The SMILES string of the molecule is CN1CCC[C@@H](NC(=O)CCCc2ccc3c(c2)-c2ccccc2C3)C1. The van der Waals surface area contributed by atoms with Crippen LogP contribution in [0.15, 0.2) is 42.5 Å². The second kappa shape index (κ2) is 7.63. The zero-order valence-corrected chi connectivity index (χ0v) is 15.6. The van der Waals surface area contributed by atoms with Crippen molar-refractivity contribution >= 4 is 5.91 Å². The van der Waals surface area contributed by atoms with E-state index in [1.807, 2.05) is 0 Å². The monoisotopic (exact) mass is 348 g/mol. The second-order valence-corrected chi connectivity index (χ2v) is 7.85. The molecule has 1 amide bonds. The molecule has 136 valence electrons. The number of aryl methyl sites for hydroxylation is 1. The predicted molar refractivity (Wildman–Crippen MR) is 106 cm³/mol. The highest BCUT2D eigenvalue weighted by Gasteiger charge is 2.19. The molecule has 26 heavy (non-hydrogen) atoms. The first-order valence-electron chi connectivity index (χ1n) is 9.87. The van der Waals surface area contributed by atoms with Crippen LogP contribution in [0.4, 0.5) is 0 Å². The summed E-state index contributed by atoms with van der Waals surface area (Å²) in [5.41, 5.74) is 6.95. The van der Waals surface area contributed by atoms with Crippen LogP contribution < -0.4 is 5.32 Å². The van der Waals surface area contributed by atoms with E-state index in [0.717, 1.165) is 38.8 Å². The number of nitrogens with zero attached hydrogens (tertiary/aromatic N) is 1. The zero-order chi connectivity index (χ0) is 17.9.